The number of nitrogens with zero attached hydrogens (tertiary/aromatic N) is 1. The Labute approximate surface area is 111 Å². The number of benzene rings is 1. The standard InChI is InChI=1S/C13H20BrFN2/c1-5-13(2,17(3)4)12(16)9-7-6-8-10(14)11(9)15/h6-8,12H,5,16H2,1-4H3. The van der Waals surface area contributed by atoms with Gasteiger partial charge in [0.15, 0.2) is 0 Å². The molecule has 0 amide bonds. The van der Waals surface area contributed by atoms with E-state index in [9.17, 15) is 4.39 Å². The van der Waals surface area contributed by atoms with Crippen LogP contribution in [-0.2, 0) is 0 Å². The summed E-state index contributed by atoms with van der Waals surface area (Å²) in [6.45, 7) is 4.12. The molecule has 0 aliphatic heterocycles. The van der Waals surface area contributed by atoms with E-state index in [4.69, 9.17) is 5.73 Å². The van der Waals surface area contributed by atoms with Crippen LogP contribution in [0.15, 0.2) is 22.7 Å². The van der Waals surface area contributed by atoms with Crippen molar-refractivity contribution < 1.29 is 4.39 Å². The van der Waals surface area contributed by atoms with Gasteiger partial charge in [-0.1, -0.05) is 19.1 Å². The Morgan fingerprint density at radius 3 is 2.53 bits per heavy atom. The highest BCUT2D eigenvalue weighted by molar-refractivity contribution is 9.10. The first-order valence-corrected chi connectivity index (χ1v) is 6.50. The second-order valence-corrected chi connectivity index (χ2v) is 5.58. The maximum Gasteiger partial charge on any atom is 0.142 e. The van der Waals surface area contributed by atoms with E-state index in [0.717, 1.165) is 6.42 Å². The van der Waals surface area contributed by atoms with Crippen molar-refractivity contribution in [2.24, 2.45) is 5.73 Å². The summed E-state index contributed by atoms with van der Waals surface area (Å²) in [7, 11) is 3.94. The summed E-state index contributed by atoms with van der Waals surface area (Å²) in [6.07, 6.45) is 0.854. The second kappa shape index (κ2) is 5.46. The van der Waals surface area contributed by atoms with Crippen LogP contribution in [0.5, 0.6) is 0 Å². The first kappa shape index (κ1) is 14.6. The molecule has 0 aliphatic carbocycles. The lowest BCUT2D eigenvalue weighted by Gasteiger charge is -2.41. The average Bonchev–Trinajstić information content (AvgIpc) is 2.30. The maximum absolute atomic E-state index is 14.0. The van der Waals surface area contributed by atoms with E-state index >= 15 is 0 Å². The number of likely N-dealkylation sites (N-methyl/N-ethyl adjacent to an activating group) is 1. The smallest absolute Gasteiger partial charge is 0.142 e. The third-order valence-corrected chi connectivity index (χ3v) is 4.34. The van der Waals surface area contributed by atoms with Gasteiger partial charge >= 0.3 is 0 Å². The fourth-order valence-electron chi connectivity index (χ4n) is 1.91. The molecule has 2 atom stereocenters. The van der Waals surface area contributed by atoms with Gasteiger partial charge < -0.3 is 10.6 Å². The van der Waals surface area contributed by atoms with Crippen molar-refractivity contribution in [1.82, 2.24) is 4.90 Å². The molecule has 0 heterocycles. The molecule has 0 aromatic heterocycles. The molecule has 4 heteroatoms. The van der Waals surface area contributed by atoms with Gasteiger partial charge in [-0.25, -0.2) is 4.39 Å². The van der Waals surface area contributed by atoms with E-state index in [1.54, 1.807) is 12.1 Å². The molecule has 0 saturated carbocycles. The summed E-state index contributed by atoms with van der Waals surface area (Å²) in [6, 6.07) is 4.89. The molecule has 1 aromatic carbocycles. The lowest BCUT2D eigenvalue weighted by molar-refractivity contribution is 0.130. The van der Waals surface area contributed by atoms with Crippen molar-refractivity contribution in [1.29, 1.82) is 0 Å². The van der Waals surface area contributed by atoms with Crippen LogP contribution in [0.3, 0.4) is 0 Å². The van der Waals surface area contributed by atoms with Crippen molar-refractivity contribution in [3.8, 4) is 0 Å². The zero-order valence-corrected chi connectivity index (χ0v) is 12.4. The van der Waals surface area contributed by atoms with Gasteiger partial charge in [-0.15, -0.1) is 0 Å². The Hall–Kier alpha value is -0.450. The zero-order chi connectivity index (χ0) is 13.2. The fraction of sp³-hybridized carbons (Fsp3) is 0.538. The summed E-state index contributed by atoms with van der Waals surface area (Å²) < 4.78 is 14.5. The molecule has 0 aliphatic rings. The molecule has 0 saturated heterocycles. The molecule has 96 valence electrons. The lowest BCUT2D eigenvalue weighted by Crippen LogP contribution is -2.49. The van der Waals surface area contributed by atoms with Gasteiger partial charge in [-0.05, 0) is 49.4 Å². The zero-order valence-electron chi connectivity index (χ0n) is 10.8. The monoisotopic (exact) mass is 302 g/mol. The molecular formula is C13H20BrFN2. The number of halogens is 2. The van der Waals surface area contributed by atoms with Gasteiger partial charge in [0.05, 0.1) is 10.5 Å². The molecule has 2 nitrogen and oxygen atoms in total. The fourth-order valence-corrected chi connectivity index (χ4v) is 2.29. The number of rotatable bonds is 4. The van der Waals surface area contributed by atoms with E-state index in [2.05, 4.69) is 34.7 Å². The van der Waals surface area contributed by atoms with Crippen molar-refractivity contribution in [2.45, 2.75) is 31.8 Å². The maximum atomic E-state index is 14.0. The highest BCUT2D eigenvalue weighted by atomic mass is 79.9. The van der Waals surface area contributed by atoms with E-state index < -0.39 is 0 Å². The Morgan fingerprint density at radius 1 is 1.47 bits per heavy atom. The van der Waals surface area contributed by atoms with Gasteiger partial charge in [0.2, 0.25) is 0 Å². The number of hydrogen-bond donors (Lipinski definition) is 1. The molecule has 0 fully saturated rings. The summed E-state index contributed by atoms with van der Waals surface area (Å²) in [5.41, 5.74) is 6.54. The summed E-state index contributed by atoms with van der Waals surface area (Å²) in [4.78, 5) is 2.05. The van der Waals surface area contributed by atoms with Crippen molar-refractivity contribution in [2.75, 3.05) is 14.1 Å². The number of hydrogen-bond acceptors (Lipinski definition) is 2. The molecule has 1 aromatic rings. The van der Waals surface area contributed by atoms with Crippen LogP contribution >= 0.6 is 15.9 Å². The summed E-state index contributed by atoms with van der Waals surface area (Å²) in [5, 5.41) is 0. The lowest BCUT2D eigenvalue weighted by atomic mass is 9.84. The van der Waals surface area contributed by atoms with E-state index in [-0.39, 0.29) is 17.4 Å². The van der Waals surface area contributed by atoms with Crippen LogP contribution in [0.25, 0.3) is 0 Å². The van der Waals surface area contributed by atoms with E-state index in [1.807, 2.05) is 20.2 Å². The molecule has 1 rings (SSSR count). The summed E-state index contributed by atoms with van der Waals surface area (Å²) >= 11 is 3.20. The molecule has 2 N–H and O–H groups in total. The SMILES string of the molecule is CCC(C)(C(N)c1cccc(Br)c1F)N(C)C. The van der Waals surface area contributed by atoms with Gasteiger partial charge in [0, 0.05) is 11.1 Å². The first-order chi connectivity index (χ1) is 7.84. The predicted octanol–water partition coefficient (Wildman–Crippen LogP) is 3.32. The van der Waals surface area contributed by atoms with Crippen LogP contribution in [0.1, 0.15) is 31.9 Å². The first-order valence-electron chi connectivity index (χ1n) is 5.71. The molecule has 17 heavy (non-hydrogen) atoms. The quantitative estimate of drug-likeness (QED) is 0.924. The van der Waals surface area contributed by atoms with Crippen molar-refractivity contribution in [3.05, 3.63) is 34.1 Å². The predicted molar refractivity (Wildman–Crippen MR) is 73.4 cm³/mol. The van der Waals surface area contributed by atoms with Crippen LogP contribution < -0.4 is 5.73 Å². The Kier molecular flexibility index (Phi) is 4.69. The van der Waals surface area contributed by atoms with Crippen LogP contribution in [-0.4, -0.2) is 24.5 Å². The van der Waals surface area contributed by atoms with Gasteiger partial charge in [0.1, 0.15) is 5.82 Å². The molecular weight excluding hydrogens is 283 g/mol. The minimum absolute atomic E-state index is 0.262. The van der Waals surface area contributed by atoms with E-state index in [0.29, 0.717) is 10.0 Å². The molecule has 0 radical (unpaired) electrons. The van der Waals surface area contributed by atoms with Crippen molar-refractivity contribution in [3.63, 3.8) is 0 Å². The second-order valence-electron chi connectivity index (χ2n) is 4.73. The van der Waals surface area contributed by atoms with Gasteiger partial charge in [-0.2, -0.15) is 0 Å². The largest absolute Gasteiger partial charge is 0.322 e. The number of nitrogens with two attached hydrogens (primary N) is 1. The third kappa shape index (κ3) is 2.69. The van der Waals surface area contributed by atoms with Crippen LogP contribution in [0.2, 0.25) is 0 Å². The van der Waals surface area contributed by atoms with Crippen LogP contribution in [0, 0.1) is 5.82 Å². The molecule has 0 bridgehead atoms. The Morgan fingerprint density at radius 2 is 2.06 bits per heavy atom. The van der Waals surface area contributed by atoms with Crippen LogP contribution in [0.4, 0.5) is 4.39 Å². The van der Waals surface area contributed by atoms with Gasteiger partial charge in [0.25, 0.3) is 0 Å². The highest BCUT2D eigenvalue weighted by Gasteiger charge is 2.34. The topological polar surface area (TPSA) is 29.3 Å². The Bertz CT molecular complexity index is 395. The minimum Gasteiger partial charge on any atom is -0.322 e. The summed E-state index contributed by atoms with van der Waals surface area (Å²) in [5.74, 6) is -0.262. The highest BCUT2D eigenvalue weighted by Crippen LogP contribution is 2.33. The van der Waals surface area contributed by atoms with Crippen molar-refractivity contribution >= 4 is 15.9 Å². The minimum atomic E-state index is -0.361. The Balaban J connectivity index is 3.19. The van der Waals surface area contributed by atoms with E-state index in [1.165, 1.54) is 0 Å². The normalized spacial score (nSPS) is 16.9. The third-order valence-electron chi connectivity index (χ3n) is 3.72. The molecule has 2 unspecified atom stereocenters. The molecule has 0 spiro atoms. The average molecular weight is 303 g/mol. The van der Waals surface area contributed by atoms with Gasteiger partial charge in [-0.3, -0.25) is 0 Å².